The summed E-state index contributed by atoms with van der Waals surface area (Å²) in [5, 5.41) is 2.84. The van der Waals surface area contributed by atoms with Gasteiger partial charge in [0.2, 0.25) is 15.9 Å². The van der Waals surface area contributed by atoms with Crippen LogP contribution in [0.5, 0.6) is 0 Å². The van der Waals surface area contributed by atoms with Gasteiger partial charge >= 0.3 is 0 Å². The summed E-state index contributed by atoms with van der Waals surface area (Å²) >= 11 is 0. The van der Waals surface area contributed by atoms with Crippen LogP contribution in [-0.2, 0) is 14.8 Å². The zero-order chi connectivity index (χ0) is 19.6. The Labute approximate surface area is 158 Å². The number of amides is 2. The smallest absolute Gasteiger partial charge is 0.251 e. The number of benzene rings is 2. The van der Waals surface area contributed by atoms with Crippen LogP contribution in [0.3, 0.4) is 0 Å². The molecule has 0 radical (unpaired) electrons. The lowest BCUT2D eigenvalue weighted by molar-refractivity contribution is -0.117. The molecule has 1 aliphatic heterocycles. The third kappa shape index (κ3) is 4.01. The maximum Gasteiger partial charge on any atom is 0.251 e. The van der Waals surface area contributed by atoms with Crippen molar-refractivity contribution >= 4 is 27.5 Å². The van der Waals surface area contributed by atoms with Gasteiger partial charge in [0.1, 0.15) is 0 Å². The first-order valence-electron chi connectivity index (χ1n) is 8.48. The van der Waals surface area contributed by atoms with E-state index in [0.29, 0.717) is 12.1 Å². The van der Waals surface area contributed by atoms with Gasteiger partial charge in [-0.1, -0.05) is 18.2 Å². The minimum absolute atomic E-state index is 0.0427. The van der Waals surface area contributed by atoms with Crippen molar-refractivity contribution in [2.24, 2.45) is 0 Å². The van der Waals surface area contributed by atoms with Gasteiger partial charge in [0.15, 0.2) is 0 Å². The highest BCUT2D eigenvalue weighted by Gasteiger charge is 2.31. The molecule has 1 heterocycles. The molecule has 2 amide bonds. The molecule has 2 aromatic carbocycles. The van der Waals surface area contributed by atoms with Gasteiger partial charge in [0.25, 0.3) is 5.91 Å². The molecule has 7 nitrogen and oxygen atoms in total. The predicted molar refractivity (Wildman–Crippen MR) is 102 cm³/mol. The van der Waals surface area contributed by atoms with Crippen LogP contribution >= 0.6 is 0 Å². The van der Waals surface area contributed by atoms with E-state index in [1.54, 1.807) is 4.90 Å². The third-order valence-corrected chi connectivity index (χ3v) is 6.25. The zero-order valence-corrected chi connectivity index (χ0v) is 15.9. The number of anilines is 1. The molecule has 0 spiro atoms. The van der Waals surface area contributed by atoms with Gasteiger partial charge in [-0.3, -0.25) is 9.59 Å². The number of rotatable bonds is 5. The van der Waals surface area contributed by atoms with Gasteiger partial charge in [0.05, 0.1) is 10.9 Å². The van der Waals surface area contributed by atoms with Gasteiger partial charge < -0.3 is 10.2 Å². The summed E-state index contributed by atoms with van der Waals surface area (Å²) in [6.07, 6.45) is 0.230. The number of carbonyl (C=O) groups is 2. The van der Waals surface area contributed by atoms with Crippen LogP contribution in [0.2, 0.25) is 0 Å². The van der Waals surface area contributed by atoms with E-state index in [-0.39, 0.29) is 29.2 Å². The summed E-state index contributed by atoms with van der Waals surface area (Å²) < 4.78 is 25.3. The maximum absolute atomic E-state index is 12.4. The number of sulfonamides is 1. The van der Waals surface area contributed by atoms with E-state index in [4.69, 9.17) is 0 Å². The van der Waals surface area contributed by atoms with Gasteiger partial charge in [-0.25, -0.2) is 12.7 Å². The zero-order valence-electron chi connectivity index (χ0n) is 15.1. The molecule has 142 valence electrons. The quantitative estimate of drug-likeness (QED) is 0.842. The Morgan fingerprint density at radius 1 is 1.07 bits per heavy atom. The van der Waals surface area contributed by atoms with Crippen molar-refractivity contribution in [3.8, 4) is 0 Å². The summed E-state index contributed by atoms with van der Waals surface area (Å²) in [6.45, 7) is 0.404. The SMILES string of the molecule is CN(C)S(=O)(=O)c1ccc(C(=O)N[C@@H]2CC(=O)N(c3ccccc3)C2)cc1. The maximum atomic E-state index is 12.4. The Balaban J connectivity index is 1.67. The standard InChI is InChI=1S/C19H21N3O4S/c1-21(2)27(25,26)17-10-8-14(9-11-17)19(24)20-15-12-18(23)22(13-15)16-6-4-3-5-7-16/h3-11,15H,12-13H2,1-2H3,(H,20,24)/t15-/m1/s1. The average molecular weight is 387 g/mol. The fourth-order valence-electron chi connectivity index (χ4n) is 2.92. The fourth-order valence-corrected chi connectivity index (χ4v) is 3.82. The van der Waals surface area contributed by atoms with Crippen molar-refractivity contribution in [2.75, 3.05) is 25.5 Å². The summed E-state index contributed by atoms with van der Waals surface area (Å²) in [5.41, 5.74) is 1.15. The van der Waals surface area contributed by atoms with Crippen LogP contribution in [0.1, 0.15) is 16.8 Å². The van der Waals surface area contributed by atoms with Crippen molar-refractivity contribution in [1.82, 2.24) is 9.62 Å². The lowest BCUT2D eigenvalue weighted by Crippen LogP contribution is -2.37. The fraction of sp³-hybridized carbons (Fsp3) is 0.263. The average Bonchev–Trinajstić information content (AvgIpc) is 3.02. The monoisotopic (exact) mass is 387 g/mol. The van der Waals surface area contributed by atoms with Crippen molar-refractivity contribution in [3.05, 3.63) is 60.2 Å². The van der Waals surface area contributed by atoms with Crippen LogP contribution in [0.25, 0.3) is 0 Å². The third-order valence-electron chi connectivity index (χ3n) is 4.42. The van der Waals surface area contributed by atoms with Gasteiger partial charge in [-0.15, -0.1) is 0 Å². The van der Waals surface area contributed by atoms with E-state index in [1.165, 1.54) is 38.4 Å². The normalized spacial score (nSPS) is 17.4. The number of carbonyl (C=O) groups excluding carboxylic acids is 2. The van der Waals surface area contributed by atoms with Gasteiger partial charge in [-0.05, 0) is 36.4 Å². The summed E-state index contributed by atoms with van der Waals surface area (Å²) in [5.74, 6) is -0.379. The summed E-state index contributed by atoms with van der Waals surface area (Å²) in [6, 6.07) is 14.8. The van der Waals surface area contributed by atoms with Crippen molar-refractivity contribution in [2.45, 2.75) is 17.4 Å². The highest BCUT2D eigenvalue weighted by Crippen LogP contribution is 2.21. The number of nitrogens with one attached hydrogen (secondary N) is 1. The van der Waals surface area contributed by atoms with Crippen LogP contribution < -0.4 is 10.2 Å². The van der Waals surface area contributed by atoms with E-state index in [1.807, 2.05) is 30.3 Å². The highest BCUT2D eigenvalue weighted by atomic mass is 32.2. The molecular formula is C19H21N3O4S. The van der Waals surface area contributed by atoms with E-state index in [0.717, 1.165) is 9.99 Å². The Morgan fingerprint density at radius 2 is 1.70 bits per heavy atom. The van der Waals surface area contributed by atoms with E-state index in [9.17, 15) is 18.0 Å². The first-order chi connectivity index (χ1) is 12.8. The molecule has 0 bridgehead atoms. The number of hydrogen-bond donors (Lipinski definition) is 1. The lowest BCUT2D eigenvalue weighted by Gasteiger charge is -2.17. The van der Waals surface area contributed by atoms with Crippen molar-refractivity contribution in [3.63, 3.8) is 0 Å². The van der Waals surface area contributed by atoms with E-state index < -0.39 is 10.0 Å². The molecule has 8 heteroatoms. The number of nitrogens with zero attached hydrogens (tertiary/aromatic N) is 2. The Morgan fingerprint density at radius 3 is 2.30 bits per heavy atom. The Hall–Kier alpha value is -2.71. The van der Waals surface area contributed by atoms with Crippen LogP contribution in [0.4, 0.5) is 5.69 Å². The van der Waals surface area contributed by atoms with Crippen molar-refractivity contribution in [1.29, 1.82) is 0 Å². The number of para-hydroxylation sites is 1. The molecule has 27 heavy (non-hydrogen) atoms. The molecule has 0 saturated carbocycles. The molecule has 1 fully saturated rings. The summed E-state index contributed by atoms with van der Waals surface area (Å²) in [7, 11) is -0.637. The molecule has 0 aliphatic carbocycles. The highest BCUT2D eigenvalue weighted by molar-refractivity contribution is 7.89. The molecule has 3 rings (SSSR count). The molecule has 1 aliphatic rings. The summed E-state index contributed by atoms with van der Waals surface area (Å²) in [4.78, 5) is 26.4. The second-order valence-corrected chi connectivity index (χ2v) is 8.68. The minimum Gasteiger partial charge on any atom is -0.347 e. The topological polar surface area (TPSA) is 86.8 Å². The van der Waals surface area contributed by atoms with Gasteiger partial charge in [0, 0.05) is 38.3 Å². The van der Waals surface area contributed by atoms with Crippen LogP contribution in [-0.4, -0.2) is 51.2 Å². The molecule has 1 saturated heterocycles. The first kappa shape index (κ1) is 19.1. The Bertz CT molecular complexity index is 941. The minimum atomic E-state index is -3.54. The lowest BCUT2D eigenvalue weighted by atomic mass is 10.2. The first-order valence-corrected chi connectivity index (χ1v) is 9.92. The Kier molecular flexibility index (Phi) is 5.29. The second-order valence-electron chi connectivity index (χ2n) is 6.53. The molecule has 0 unspecified atom stereocenters. The van der Waals surface area contributed by atoms with Crippen LogP contribution in [0.15, 0.2) is 59.5 Å². The van der Waals surface area contributed by atoms with Gasteiger partial charge in [-0.2, -0.15) is 0 Å². The second kappa shape index (κ2) is 7.50. The van der Waals surface area contributed by atoms with Crippen LogP contribution in [0, 0.1) is 0 Å². The predicted octanol–water partition coefficient (Wildman–Crippen LogP) is 1.47. The molecular weight excluding hydrogens is 366 g/mol. The van der Waals surface area contributed by atoms with Crippen molar-refractivity contribution < 1.29 is 18.0 Å². The number of hydrogen-bond acceptors (Lipinski definition) is 4. The largest absolute Gasteiger partial charge is 0.347 e. The van der Waals surface area contributed by atoms with E-state index >= 15 is 0 Å². The molecule has 0 aromatic heterocycles. The molecule has 1 N–H and O–H groups in total. The molecule has 1 atom stereocenters. The molecule has 2 aromatic rings. The van der Waals surface area contributed by atoms with E-state index in [2.05, 4.69) is 5.32 Å².